The molecule has 2 aromatic carbocycles. The van der Waals surface area contributed by atoms with Gasteiger partial charge in [-0.3, -0.25) is 0 Å². The molecule has 3 aromatic rings. The molecular weight excluding hydrogens is 228 g/mol. The zero-order chi connectivity index (χ0) is 11.5. The highest BCUT2D eigenvalue weighted by atomic mass is 32.2. The number of rotatable bonds is 2. The van der Waals surface area contributed by atoms with Crippen LogP contribution in [0.2, 0.25) is 0 Å². The third kappa shape index (κ3) is 2.29. The van der Waals surface area contributed by atoms with E-state index in [1.54, 1.807) is 18.0 Å². The number of nitrogens with zero attached hydrogens (tertiary/aromatic N) is 2. The highest BCUT2D eigenvalue weighted by molar-refractivity contribution is 7.99. The summed E-state index contributed by atoms with van der Waals surface area (Å²) < 4.78 is 0. The third-order valence-electron chi connectivity index (χ3n) is 2.46. The van der Waals surface area contributed by atoms with Gasteiger partial charge in [0.25, 0.3) is 0 Å². The molecule has 1 heterocycles. The zero-order valence-corrected chi connectivity index (χ0v) is 9.89. The first-order valence-corrected chi connectivity index (χ1v) is 6.18. The van der Waals surface area contributed by atoms with Gasteiger partial charge in [0.15, 0.2) is 0 Å². The highest BCUT2D eigenvalue weighted by Gasteiger charge is 1.99. The summed E-state index contributed by atoms with van der Waals surface area (Å²) in [4.78, 5) is 2.46. The summed E-state index contributed by atoms with van der Waals surface area (Å²) in [7, 11) is 0. The Hall–Kier alpha value is -1.87. The molecule has 0 radical (unpaired) electrons. The van der Waals surface area contributed by atoms with Crippen LogP contribution in [0.4, 0.5) is 0 Å². The summed E-state index contributed by atoms with van der Waals surface area (Å²) in [6.07, 6.45) is 1.72. The topological polar surface area (TPSA) is 25.8 Å². The van der Waals surface area contributed by atoms with Crippen molar-refractivity contribution in [3.8, 4) is 0 Å². The largest absolute Gasteiger partial charge is 0.159 e. The molecule has 0 unspecified atom stereocenters. The normalized spacial score (nSPS) is 10.6. The smallest absolute Gasteiger partial charge is 0.0930 e. The van der Waals surface area contributed by atoms with E-state index in [0.717, 1.165) is 10.9 Å². The van der Waals surface area contributed by atoms with E-state index < -0.39 is 0 Å². The molecule has 3 rings (SSSR count). The van der Waals surface area contributed by atoms with E-state index in [2.05, 4.69) is 46.6 Å². The predicted octanol–water partition coefficient (Wildman–Crippen LogP) is 3.78. The molecule has 0 N–H and O–H groups in total. The molecule has 0 aliphatic heterocycles. The summed E-state index contributed by atoms with van der Waals surface area (Å²) in [5.74, 6) is 0. The first-order chi connectivity index (χ1) is 8.42. The number of aromatic nitrogens is 2. The van der Waals surface area contributed by atoms with Gasteiger partial charge in [0.1, 0.15) is 0 Å². The van der Waals surface area contributed by atoms with Crippen LogP contribution >= 0.6 is 11.8 Å². The van der Waals surface area contributed by atoms with Crippen LogP contribution < -0.4 is 0 Å². The molecule has 0 bridgehead atoms. The lowest BCUT2D eigenvalue weighted by Crippen LogP contribution is -1.82. The second-order valence-corrected chi connectivity index (χ2v) is 4.81. The maximum Gasteiger partial charge on any atom is 0.0930 e. The van der Waals surface area contributed by atoms with E-state index in [1.165, 1.54) is 9.79 Å². The minimum absolute atomic E-state index is 0.935. The van der Waals surface area contributed by atoms with Gasteiger partial charge in [-0.1, -0.05) is 30.0 Å². The van der Waals surface area contributed by atoms with E-state index in [4.69, 9.17) is 0 Å². The average Bonchev–Trinajstić information content (AvgIpc) is 2.40. The molecule has 0 aliphatic rings. The summed E-state index contributed by atoms with van der Waals surface area (Å²) in [6, 6.07) is 18.6. The number of hydrogen-bond donors (Lipinski definition) is 0. The fraction of sp³-hybridized carbons (Fsp3) is 0. The fourth-order valence-electron chi connectivity index (χ4n) is 1.65. The summed E-state index contributed by atoms with van der Waals surface area (Å²) >= 11 is 1.75. The van der Waals surface area contributed by atoms with Crippen molar-refractivity contribution < 1.29 is 0 Å². The first kappa shape index (κ1) is 10.3. The van der Waals surface area contributed by atoms with Gasteiger partial charge in [-0.05, 0) is 36.4 Å². The maximum absolute atomic E-state index is 4.07. The highest BCUT2D eigenvalue weighted by Crippen LogP contribution is 2.29. The van der Waals surface area contributed by atoms with Gasteiger partial charge in [-0.2, -0.15) is 10.2 Å². The van der Waals surface area contributed by atoms with E-state index in [1.807, 2.05) is 18.2 Å². The molecule has 0 spiro atoms. The second kappa shape index (κ2) is 4.55. The van der Waals surface area contributed by atoms with Crippen molar-refractivity contribution >= 4 is 22.7 Å². The van der Waals surface area contributed by atoms with E-state index in [0.29, 0.717) is 0 Å². The molecule has 0 aliphatic carbocycles. The molecule has 0 saturated carbocycles. The second-order valence-electron chi connectivity index (χ2n) is 3.67. The van der Waals surface area contributed by atoms with Crippen molar-refractivity contribution in [1.82, 2.24) is 10.2 Å². The van der Waals surface area contributed by atoms with E-state index in [9.17, 15) is 0 Å². The van der Waals surface area contributed by atoms with Gasteiger partial charge in [0.05, 0.1) is 11.7 Å². The van der Waals surface area contributed by atoms with Crippen LogP contribution in [0.5, 0.6) is 0 Å². The van der Waals surface area contributed by atoms with Crippen LogP contribution in [0.1, 0.15) is 0 Å². The standard InChI is InChI=1S/C14H10N2S/c1-2-4-12(5-3-1)17-13-6-7-14-11(10-13)8-9-15-16-14/h1-10H. The van der Waals surface area contributed by atoms with Gasteiger partial charge >= 0.3 is 0 Å². The van der Waals surface area contributed by atoms with Crippen LogP contribution in [-0.2, 0) is 0 Å². The molecule has 1 aromatic heterocycles. The van der Waals surface area contributed by atoms with Gasteiger partial charge in [0, 0.05) is 15.2 Å². The van der Waals surface area contributed by atoms with Crippen LogP contribution in [0.25, 0.3) is 10.9 Å². The Kier molecular flexibility index (Phi) is 2.76. The van der Waals surface area contributed by atoms with E-state index >= 15 is 0 Å². The fourth-order valence-corrected chi connectivity index (χ4v) is 2.54. The minimum atomic E-state index is 0.935. The Morgan fingerprint density at radius 1 is 0.824 bits per heavy atom. The third-order valence-corrected chi connectivity index (χ3v) is 3.46. The average molecular weight is 238 g/mol. The van der Waals surface area contributed by atoms with Crippen molar-refractivity contribution in [3.63, 3.8) is 0 Å². The van der Waals surface area contributed by atoms with Gasteiger partial charge in [-0.25, -0.2) is 0 Å². The predicted molar refractivity (Wildman–Crippen MR) is 70.1 cm³/mol. The Morgan fingerprint density at radius 2 is 1.71 bits per heavy atom. The van der Waals surface area contributed by atoms with Crippen molar-refractivity contribution in [2.45, 2.75) is 9.79 Å². The Balaban J connectivity index is 1.96. The lowest BCUT2D eigenvalue weighted by molar-refractivity contribution is 1.07. The zero-order valence-electron chi connectivity index (χ0n) is 9.08. The Labute approximate surface area is 104 Å². The van der Waals surface area contributed by atoms with Crippen LogP contribution in [-0.4, -0.2) is 10.2 Å². The lowest BCUT2D eigenvalue weighted by atomic mass is 10.2. The first-order valence-electron chi connectivity index (χ1n) is 5.36. The molecule has 17 heavy (non-hydrogen) atoms. The van der Waals surface area contributed by atoms with Gasteiger partial charge in [0.2, 0.25) is 0 Å². The van der Waals surface area contributed by atoms with Crippen LogP contribution in [0.3, 0.4) is 0 Å². The van der Waals surface area contributed by atoms with Crippen molar-refractivity contribution in [3.05, 3.63) is 60.8 Å². The molecule has 82 valence electrons. The summed E-state index contributed by atoms with van der Waals surface area (Å²) in [5, 5.41) is 9.07. The lowest BCUT2D eigenvalue weighted by Gasteiger charge is -2.02. The molecular formula is C14H10N2S. The number of fused-ring (bicyclic) bond motifs is 1. The summed E-state index contributed by atoms with van der Waals surface area (Å²) in [5.41, 5.74) is 0.935. The van der Waals surface area contributed by atoms with Crippen LogP contribution in [0.15, 0.2) is 70.6 Å². The molecule has 0 fully saturated rings. The molecule has 0 atom stereocenters. The maximum atomic E-state index is 4.07. The number of hydrogen-bond acceptors (Lipinski definition) is 3. The minimum Gasteiger partial charge on any atom is -0.159 e. The van der Waals surface area contributed by atoms with Crippen molar-refractivity contribution in [2.24, 2.45) is 0 Å². The molecule has 3 heteroatoms. The van der Waals surface area contributed by atoms with Gasteiger partial charge in [-0.15, -0.1) is 0 Å². The molecule has 0 saturated heterocycles. The van der Waals surface area contributed by atoms with Gasteiger partial charge < -0.3 is 0 Å². The van der Waals surface area contributed by atoms with Crippen LogP contribution in [0, 0.1) is 0 Å². The van der Waals surface area contributed by atoms with E-state index in [-0.39, 0.29) is 0 Å². The molecule has 2 nitrogen and oxygen atoms in total. The molecule has 0 amide bonds. The number of benzene rings is 2. The Morgan fingerprint density at radius 3 is 2.59 bits per heavy atom. The SMILES string of the molecule is c1ccc(Sc2ccc3nnccc3c2)cc1. The van der Waals surface area contributed by atoms with Crippen molar-refractivity contribution in [1.29, 1.82) is 0 Å². The summed E-state index contributed by atoms with van der Waals surface area (Å²) in [6.45, 7) is 0. The Bertz CT molecular complexity index is 638. The van der Waals surface area contributed by atoms with Crippen molar-refractivity contribution in [2.75, 3.05) is 0 Å². The quantitative estimate of drug-likeness (QED) is 0.679. The monoisotopic (exact) mass is 238 g/mol.